The van der Waals surface area contributed by atoms with Gasteiger partial charge in [0.15, 0.2) is 0 Å². The van der Waals surface area contributed by atoms with Crippen LogP contribution in [0.25, 0.3) is 10.9 Å². The van der Waals surface area contributed by atoms with E-state index >= 15 is 0 Å². The maximum absolute atomic E-state index is 5.80. The van der Waals surface area contributed by atoms with E-state index in [0.29, 0.717) is 6.04 Å². The summed E-state index contributed by atoms with van der Waals surface area (Å²) in [6, 6.07) is 10.9. The van der Waals surface area contributed by atoms with Gasteiger partial charge >= 0.3 is 0 Å². The molecule has 1 atom stereocenters. The van der Waals surface area contributed by atoms with E-state index in [4.69, 9.17) is 4.84 Å². The molecule has 1 aliphatic heterocycles. The lowest BCUT2D eigenvalue weighted by Crippen LogP contribution is -2.31. The number of rotatable bonds is 3. The molecule has 1 N–H and O–H groups in total. The molecule has 84 valence electrons. The Morgan fingerprint density at radius 1 is 1.31 bits per heavy atom. The minimum Gasteiger partial charge on any atom is -0.412 e. The highest BCUT2D eigenvalue weighted by Crippen LogP contribution is 2.14. The van der Waals surface area contributed by atoms with Gasteiger partial charge in [-0.25, -0.2) is 0 Å². The highest BCUT2D eigenvalue weighted by atomic mass is 16.7. The highest BCUT2D eigenvalue weighted by molar-refractivity contribution is 5.79. The van der Waals surface area contributed by atoms with Crippen LogP contribution in [0.2, 0.25) is 0 Å². The van der Waals surface area contributed by atoms with E-state index in [0.717, 1.165) is 18.7 Å². The molecule has 0 radical (unpaired) electrons. The van der Waals surface area contributed by atoms with Gasteiger partial charge in [-0.15, -0.1) is 0 Å². The predicted molar refractivity (Wildman–Crippen MR) is 64.4 cm³/mol. The molecule has 0 unspecified atom stereocenters. The maximum atomic E-state index is 5.80. The topological polar surface area (TPSA) is 26.2 Å². The lowest BCUT2D eigenvalue weighted by molar-refractivity contribution is 0.104. The average molecular weight is 216 g/mol. The van der Waals surface area contributed by atoms with Crippen molar-refractivity contribution in [2.45, 2.75) is 18.9 Å². The maximum Gasteiger partial charge on any atom is 0.130 e. The number of benzene rings is 1. The number of hydrogen-bond donors (Lipinski definition) is 1. The summed E-state index contributed by atoms with van der Waals surface area (Å²) in [4.78, 5) is 5.80. The average Bonchev–Trinajstić information content (AvgIpc) is 2.96. The molecule has 0 saturated carbocycles. The molecule has 1 aliphatic rings. The first-order valence-corrected chi connectivity index (χ1v) is 5.86. The minimum absolute atomic E-state index is 0.515. The van der Waals surface area contributed by atoms with Crippen molar-refractivity contribution in [2.75, 3.05) is 13.2 Å². The molecule has 1 aromatic carbocycles. The van der Waals surface area contributed by atoms with Crippen LogP contribution in [0.4, 0.5) is 0 Å². The van der Waals surface area contributed by atoms with Crippen molar-refractivity contribution < 1.29 is 4.84 Å². The lowest BCUT2D eigenvalue weighted by atomic mass is 10.2. The second-order valence-electron chi connectivity index (χ2n) is 4.29. The van der Waals surface area contributed by atoms with Crippen LogP contribution < -0.4 is 10.2 Å². The molecule has 3 rings (SSSR count). The summed E-state index contributed by atoms with van der Waals surface area (Å²) >= 11 is 0. The van der Waals surface area contributed by atoms with E-state index in [1.54, 1.807) is 0 Å². The first-order chi connectivity index (χ1) is 7.93. The first-order valence-electron chi connectivity index (χ1n) is 5.86. The first kappa shape index (κ1) is 9.73. The van der Waals surface area contributed by atoms with Gasteiger partial charge in [-0.2, -0.15) is 4.73 Å². The van der Waals surface area contributed by atoms with Crippen LogP contribution in [0.3, 0.4) is 0 Å². The SMILES string of the molecule is c1ccc2c(c1)ccn2OC[C@@H]1CCCN1. The van der Waals surface area contributed by atoms with Gasteiger partial charge in [-0.1, -0.05) is 18.2 Å². The third-order valence-corrected chi connectivity index (χ3v) is 3.14. The summed E-state index contributed by atoms with van der Waals surface area (Å²) < 4.78 is 1.87. The number of para-hydroxylation sites is 1. The number of fused-ring (bicyclic) bond motifs is 1. The molecule has 1 fully saturated rings. The normalized spacial score (nSPS) is 20.4. The van der Waals surface area contributed by atoms with Crippen LogP contribution in [-0.2, 0) is 0 Å². The summed E-state index contributed by atoms with van der Waals surface area (Å²) in [5, 5.41) is 4.65. The molecular formula is C13H16N2O. The molecule has 2 aromatic rings. The van der Waals surface area contributed by atoms with Gasteiger partial charge in [-0.3, -0.25) is 0 Å². The van der Waals surface area contributed by atoms with Crippen LogP contribution in [-0.4, -0.2) is 23.9 Å². The van der Waals surface area contributed by atoms with Gasteiger partial charge in [0.1, 0.15) is 6.61 Å². The largest absolute Gasteiger partial charge is 0.412 e. The van der Waals surface area contributed by atoms with Crippen LogP contribution in [0.5, 0.6) is 0 Å². The van der Waals surface area contributed by atoms with E-state index in [1.807, 2.05) is 23.1 Å². The smallest absolute Gasteiger partial charge is 0.130 e. The Labute approximate surface area is 95.0 Å². The Morgan fingerprint density at radius 2 is 2.25 bits per heavy atom. The van der Waals surface area contributed by atoms with Crippen molar-refractivity contribution >= 4 is 10.9 Å². The second kappa shape index (κ2) is 4.18. The van der Waals surface area contributed by atoms with Crippen molar-refractivity contribution in [1.82, 2.24) is 10.0 Å². The molecule has 3 heteroatoms. The third-order valence-electron chi connectivity index (χ3n) is 3.14. The predicted octanol–water partition coefficient (Wildman–Crippen LogP) is 1.82. The molecule has 0 spiro atoms. The Hall–Kier alpha value is -1.48. The Kier molecular flexibility index (Phi) is 2.54. The van der Waals surface area contributed by atoms with E-state index in [-0.39, 0.29) is 0 Å². The van der Waals surface area contributed by atoms with Gasteiger partial charge in [-0.05, 0) is 31.5 Å². The Bertz CT molecular complexity index is 471. The van der Waals surface area contributed by atoms with E-state index in [1.165, 1.54) is 18.2 Å². The summed E-state index contributed by atoms with van der Waals surface area (Å²) in [5.41, 5.74) is 1.14. The standard InChI is InChI=1S/C13H16N2O/c1-2-6-13-11(4-1)7-9-15(13)16-10-12-5-3-8-14-12/h1-2,4,6-7,9,12,14H,3,5,8,10H2/t12-/m0/s1. The van der Waals surface area contributed by atoms with Crippen LogP contribution in [0, 0.1) is 0 Å². The fraction of sp³-hybridized carbons (Fsp3) is 0.385. The number of hydrogen-bond acceptors (Lipinski definition) is 2. The van der Waals surface area contributed by atoms with Crippen LogP contribution in [0.15, 0.2) is 36.5 Å². The molecule has 16 heavy (non-hydrogen) atoms. The molecule has 3 nitrogen and oxygen atoms in total. The van der Waals surface area contributed by atoms with E-state index in [2.05, 4.69) is 23.5 Å². The number of aromatic nitrogens is 1. The zero-order chi connectivity index (χ0) is 10.8. The summed E-state index contributed by atoms with van der Waals surface area (Å²) in [6.07, 6.45) is 4.47. The van der Waals surface area contributed by atoms with Gasteiger partial charge in [0.2, 0.25) is 0 Å². The van der Waals surface area contributed by atoms with Gasteiger partial charge < -0.3 is 10.2 Å². The molecule has 0 aliphatic carbocycles. The molecule has 0 amide bonds. The molecular weight excluding hydrogens is 200 g/mol. The van der Waals surface area contributed by atoms with Crippen molar-refractivity contribution in [3.8, 4) is 0 Å². The van der Waals surface area contributed by atoms with Crippen molar-refractivity contribution in [2.24, 2.45) is 0 Å². The highest BCUT2D eigenvalue weighted by Gasteiger charge is 2.14. The molecule has 1 saturated heterocycles. The number of nitrogens with zero attached hydrogens (tertiary/aromatic N) is 1. The van der Waals surface area contributed by atoms with Crippen LogP contribution >= 0.6 is 0 Å². The number of nitrogens with one attached hydrogen (secondary N) is 1. The summed E-state index contributed by atoms with van der Waals surface area (Å²) in [7, 11) is 0. The fourth-order valence-corrected chi connectivity index (χ4v) is 2.24. The lowest BCUT2D eigenvalue weighted by Gasteiger charge is -2.13. The second-order valence-corrected chi connectivity index (χ2v) is 4.29. The third kappa shape index (κ3) is 1.78. The Morgan fingerprint density at radius 3 is 3.12 bits per heavy atom. The van der Waals surface area contributed by atoms with Crippen molar-refractivity contribution in [1.29, 1.82) is 0 Å². The summed E-state index contributed by atoms with van der Waals surface area (Å²) in [6.45, 7) is 1.87. The molecule has 1 aromatic heterocycles. The van der Waals surface area contributed by atoms with Crippen LogP contribution in [0.1, 0.15) is 12.8 Å². The van der Waals surface area contributed by atoms with Crippen molar-refractivity contribution in [3.05, 3.63) is 36.5 Å². The van der Waals surface area contributed by atoms with Gasteiger partial charge in [0.05, 0.1) is 5.52 Å². The zero-order valence-corrected chi connectivity index (χ0v) is 9.23. The minimum atomic E-state index is 0.515. The van der Waals surface area contributed by atoms with Crippen molar-refractivity contribution in [3.63, 3.8) is 0 Å². The summed E-state index contributed by atoms with van der Waals surface area (Å²) in [5.74, 6) is 0. The van der Waals surface area contributed by atoms with Gasteiger partial charge in [0, 0.05) is 17.6 Å². The monoisotopic (exact) mass is 216 g/mol. The molecule has 0 bridgehead atoms. The Balaban J connectivity index is 1.73. The van der Waals surface area contributed by atoms with E-state index < -0.39 is 0 Å². The van der Waals surface area contributed by atoms with E-state index in [9.17, 15) is 0 Å². The quantitative estimate of drug-likeness (QED) is 0.847. The molecule has 2 heterocycles. The zero-order valence-electron chi connectivity index (χ0n) is 9.23. The van der Waals surface area contributed by atoms with Gasteiger partial charge in [0.25, 0.3) is 0 Å². The fourth-order valence-electron chi connectivity index (χ4n) is 2.24.